The summed E-state index contributed by atoms with van der Waals surface area (Å²) in [4.78, 5) is 12.4. The number of carbonyl (C=O) groups excluding carboxylic acids is 1. The first-order valence-electron chi connectivity index (χ1n) is 8.78. The van der Waals surface area contributed by atoms with Gasteiger partial charge in [0.1, 0.15) is 17.3 Å². The number of rotatable bonds is 8. The Bertz CT molecular complexity index is 932. The molecule has 9 heteroatoms. The van der Waals surface area contributed by atoms with Crippen molar-refractivity contribution in [3.8, 4) is 11.4 Å². The van der Waals surface area contributed by atoms with Crippen molar-refractivity contribution < 1.29 is 13.9 Å². The molecule has 1 N–H and O–H groups in total. The molecule has 0 bridgehead atoms. The summed E-state index contributed by atoms with van der Waals surface area (Å²) in [6.07, 6.45) is 0. The van der Waals surface area contributed by atoms with E-state index < -0.39 is 5.25 Å². The monoisotopic (exact) mass is 401 g/mol. The van der Waals surface area contributed by atoms with E-state index in [0.29, 0.717) is 29.7 Å². The fraction of sp³-hybridized carbons (Fsp3) is 0.263. The van der Waals surface area contributed by atoms with Crippen molar-refractivity contribution in [3.05, 3.63) is 59.9 Å². The van der Waals surface area contributed by atoms with Crippen molar-refractivity contribution in [2.75, 3.05) is 6.61 Å². The van der Waals surface area contributed by atoms with Crippen LogP contribution in [0.3, 0.4) is 0 Å². The zero-order valence-electron chi connectivity index (χ0n) is 15.5. The van der Waals surface area contributed by atoms with Gasteiger partial charge in [-0.05, 0) is 54.1 Å². The summed E-state index contributed by atoms with van der Waals surface area (Å²) in [6.45, 7) is 4.52. The van der Waals surface area contributed by atoms with Gasteiger partial charge in [-0.1, -0.05) is 36.0 Å². The van der Waals surface area contributed by atoms with E-state index in [4.69, 9.17) is 4.74 Å². The van der Waals surface area contributed by atoms with Crippen LogP contribution in [0.5, 0.6) is 5.75 Å². The van der Waals surface area contributed by atoms with Crippen LogP contribution in [-0.2, 0) is 11.3 Å². The molecule has 0 saturated carbocycles. The van der Waals surface area contributed by atoms with Gasteiger partial charge in [0.2, 0.25) is 11.1 Å². The summed E-state index contributed by atoms with van der Waals surface area (Å²) in [6, 6.07) is 13.4. The Balaban J connectivity index is 1.66. The van der Waals surface area contributed by atoms with Crippen LogP contribution in [0.25, 0.3) is 5.69 Å². The van der Waals surface area contributed by atoms with E-state index in [9.17, 15) is 9.18 Å². The third-order valence-corrected chi connectivity index (χ3v) is 4.90. The first kappa shape index (κ1) is 19.8. The van der Waals surface area contributed by atoms with Gasteiger partial charge in [0.15, 0.2) is 0 Å². The van der Waals surface area contributed by atoms with Gasteiger partial charge in [0.25, 0.3) is 0 Å². The van der Waals surface area contributed by atoms with Crippen molar-refractivity contribution in [2.45, 2.75) is 30.8 Å². The highest BCUT2D eigenvalue weighted by Gasteiger charge is 2.20. The van der Waals surface area contributed by atoms with E-state index in [1.54, 1.807) is 23.7 Å². The lowest BCUT2D eigenvalue weighted by Gasteiger charge is -2.13. The average Bonchev–Trinajstić information content (AvgIpc) is 3.16. The van der Waals surface area contributed by atoms with Crippen LogP contribution < -0.4 is 10.1 Å². The van der Waals surface area contributed by atoms with Gasteiger partial charge in [0, 0.05) is 6.54 Å². The van der Waals surface area contributed by atoms with Crippen LogP contribution in [0.4, 0.5) is 4.39 Å². The van der Waals surface area contributed by atoms with E-state index >= 15 is 0 Å². The molecule has 7 nitrogen and oxygen atoms in total. The molecule has 28 heavy (non-hydrogen) atoms. The first-order valence-corrected chi connectivity index (χ1v) is 9.66. The fourth-order valence-corrected chi connectivity index (χ4v) is 3.29. The van der Waals surface area contributed by atoms with Crippen molar-refractivity contribution in [3.63, 3.8) is 0 Å². The predicted octanol–water partition coefficient (Wildman–Crippen LogP) is 3.00. The second kappa shape index (κ2) is 9.32. The van der Waals surface area contributed by atoms with Gasteiger partial charge in [-0.3, -0.25) is 4.79 Å². The lowest BCUT2D eigenvalue weighted by atomic mass is 10.2. The van der Waals surface area contributed by atoms with Gasteiger partial charge in [-0.15, -0.1) is 5.10 Å². The Morgan fingerprint density at radius 2 is 2.00 bits per heavy atom. The molecule has 0 fully saturated rings. The van der Waals surface area contributed by atoms with Crippen LogP contribution >= 0.6 is 11.8 Å². The van der Waals surface area contributed by atoms with Crippen LogP contribution in [0.1, 0.15) is 19.4 Å². The maximum Gasteiger partial charge on any atom is 0.233 e. The maximum absolute atomic E-state index is 13.0. The van der Waals surface area contributed by atoms with E-state index in [1.807, 2.05) is 31.2 Å². The average molecular weight is 401 g/mol. The molecule has 1 atom stereocenters. The topological polar surface area (TPSA) is 81.9 Å². The standard InChI is InChI=1S/C19H20FN5O2S/c1-3-27-17-7-5-4-6-16(17)25-19(22-23-24-25)28-13(2)18(26)21-12-14-8-10-15(20)11-9-14/h4-11,13H,3,12H2,1-2H3,(H,21,26). The molecular weight excluding hydrogens is 381 g/mol. The largest absolute Gasteiger partial charge is 0.492 e. The lowest BCUT2D eigenvalue weighted by Crippen LogP contribution is -2.30. The van der Waals surface area contributed by atoms with Gasteiger partial charge in [-0.25, -0.2) is 4.39 Å². The van der Waals surface area contributed by atoms with E-state index in [-0.39, 0.29) is 11.7 Å². The highest BCUT2D eigenvalue weighted by Crippen LogP contribution is 2.28. The third-order valence-electron chi connectivity index (χ3n) is 3.87. The summed E-state index contributed by atoms with van der Waals surface area (Å²) < 4.78 is 20.1. The highest BCUT2D eigenvalue weighted by atomic mass is 32.2. The summed E-state index contributed by atoms with van der Waals surface area (Å²) >= 11 is 1.24. The van der Waals surface area contributed by atoms with Crippen molar-refractivity contribution in [2.24, 2.45) is 0 Å². The minimum absolute atomic E-state index is 0.165. The summed E-state index contributed by atoms with van der Waals surface area (Å²) in [5.74, 6) is 0.188. The zero-order valence-corrected chi connectivity index (χ0v) is 16.3. The van der Waals surface area contributed by atoms with E-state index in [2.05, 4.69) is 20.8 Å². The number of hydrogen-bond acceptors (Lipinski definition) is 6. The third kappa shape index (κ3) is 4.86. The summed E-state index contributed by atoms with van der Waals surface area (Å²) in [7, 11) is 0. The molecule has 0 aliphatic heterocycles. The molecule has 1 amide bonds. The quantitative estimate of drug-likeness (QED) is 0.585. The number of hydrogen-bond donors (Lipinski definition) is 1. The highest BCUT2D eigenvalue weighted by molar-refractivity contribution is 8.00. The summed E-state index contributed by atoms with van der Waals surface area (Å²) in [5, 5.41) is 14.7. The Morgan fingerprint density at radius 3 is 2.75 bits per heavy atom. The Labute approximate surface area is 166 Å². The minimum Gasteiger partial charge on any atom is -0.492 e. The molecule has 1 unspecified atom stereocenters. The molecule has 0 radical (unpaired) electrons. The van der Waals surface area contributed by atoms with Crippen molar-refractivity contribution in [1.82, 2.24) is 25.5 Å². The van der Waals surface area contributed by atoms with Crippen LogP contribution in [-0.4, -0.2) is 38.0 Å². The summed E-state index contributed by atoms with van der Waals surface area (Å²) in [5.41, 5.74) is 1.53. The normalized spacial score (nSPS) is 11.8. The predicted molar refractivity (Wildman–Crippen MR) is 104 cm³/mol. The Morgan fingerprint density at radius 1 is 1.25 bits per heavy atom. The lowest BCUT2D eigenvalue weighted by molar-refractivity contribution is -0.120. The number of halogens is 1. The van der Waals surface area contributed by atoms with Gasteiger partial charge < -0.3 is 10.1 Å². The second-order valence-corrected chi connectivity index (χ2v) is 7.19. The SMILES string of the molecule is CCOc1ccccc1-n1nnnc1SC(C)C(=O)NCc1ccc(F)cc1. The Hall–Kier alpha value is -2.94. The first-order chi connectivity index (χ1) is 13.6. The molecule has 0 saturated heterocycles. The number of benzene rings is 2. The van der Waals surface area contributed by atoms with Crippen molar-refractivity contribution >= 4 is 17.7 Å². The molecule has 2 aromatic carbocycles. The molecular formula is C19H20FN5O2S. The maximum atomic E-state index is 13.0. The fourth-order valence-electron chi connectivity index (χ4n) is 2.46. The number of para-hydroxylation sites is 2. The molecule has 1 heterocycles. The van der Waals surface area contributed by atoms with Crippen LogP contribution in [0, 0.1) is 5.82 Å². The number of thioether (sulfide) groups is 1. The van der Waals surface area contributed by atoms with Crippen LogP contribution in [0.15, 0.2) is 53.7 Å². The van der Waals surface area contributed by atoms with Gasteiger partial charge in [-0.2, -0.15) is 4.68 Å². The number of nitrogens with one attached hydrogen (secondary N) is 1. The molecule has 0 aliphatic carbocycles. The minimum atomic E-state index is -0.426. The smallest absolute Gasteiger partial charge is 0.233 e. The Kier molecular flexibility index (Phi) is 6.59. The van der Waals surface area contributed by atoms with Crippen LogP contribution in [0.2, 0.25) is 0 Å². The number of aromatic nitrogens is 4. The van der Waals surface area contributed by atoms with E-state index in [0.717, 1.165) is 5.56 Å². The molecule has 0 aliphatic rings. The molecule has 3 rings (SSSR count). The van der Waals surface area contributed by atoms with Crippen molar-refractivity contribution in [1.29, 1.82) is 0 Å². The number of ether oxygens (including phenoxy) is 1. The number of amides is 1. The molecule has 3 aromatic rings. The van der Waals surface area contributed by atoms with Gasteiger partial charge >= 0.3 is 0 Å². The zero-order chi connectivity index (χ0) is 19.9. The number of nitrogens with zero attached hydrogens (tertiary/aromatic N) is 4. The van der Waals surface area contributed by atoms with E-state index in [1.165, 1.54) is 23.9 Å². The number of tetrazole rings is 1. The number of carbonyl (C=O) groups is 1. The van der Waals surface area contributed by atoms with Gasteiger partial charge in [0.05, 0.1) is 11.9 Å². The second-order valence-electron chi connectivity index (χ2n) is 5.88. The molecule has 1 aromatic heterocycles. The molecule has 146 valence electrons. The molecule has 0 spiro atoms.